The van der Waals surface area contributed by atoms with Gasteiger partial charge in [-0.05, 0) is 29.8 Å². The number of halogens is 3. The lowest BCUT2D eigenvalue weighted by Gasteiger charge is -2.11. The third-order valence-corrected chi connectivity index (χ3v) is 3.09. The Morgan fingerprint density at radius 3 is 2.58 bits per heavy atom. The molecule has 0 fully saturated rings. The van der Waals surface area contributed by atoms with Gasteiger partial charge in [0.15, 0.2) is 0 Å². The van der Waals surface area contributed by atoms with E-state index in [1.54, 1.807) is 18.3 Å². The second-order valence-electron chi connectivity index (χ2n) is 4.95. The number of anilines is 1. The Labute approximate surface area is 137 Å². The van der Waals surface area contributed by atoms with Gasteiger partial charge in [-0.1, -0.05) is 18.2 Å². The third kappa shape index (κ3) is 5.79. The summed E-state index contributed by atoms with van der Waals surface area (Å²) in [6.07, 6.45) is -2.74. The lowest BCUT2D eigenvalue weighted by molar-refractivity contribution is -0.137. The average molecular weight is 338 g/mol. The summed E-state index contributed by atoms with van der Waals surface area (Å²) in [5.41, 5.74) is -0.353. The maximum atomic E-state index is 12.6. The number of aromatic nitrogens is 1. The minimum atomic E-state index is -4.39. The number of benzene rings is 1. The predicted octanol–water partition coefficient (Wildman–Crippen LogP) is 3.01. The van der Waals surface area contributed by atoms with Crippen molar-refractivity contribution in [1.29, 1.82) is 0 Å². The van der Waals surface area contributed by atoms with Gasteiger partial charge in [-0.2, -0.15) is 13.2 Å². The van der Waals surface area contributed by atoms with Crippen molar-refractivity contribution in [2.45, 2.75) is 12.7 Å². The van der Waals surface area contributed by atoms with Gasteiger partial charge in [-0.3, -0.25) is 0 Å². The van der Waals surface area contributed by atoms with Crippen LogP contribution in [0.2, 0.25) is 0 Å². The van der Waals surface area contributed by atoms with Crippen LogP contribution in [0, 0.1) is 0 Å². The summed E-state index contributed by atoms with van der Waals surface area (Å²) in [5.74, 6) is 0.698. The highest BCUT2D eigenvalue weighted by molar-refractivity contribution is 5.73. The quantitative estimate of drug-likeness (QED) is 0.710. The molecular formula is C16H17F3N4O. The first kappa shape index (κ1) is 17.6. The molecule has 0 spiro atoms. The molecule has 3 N–H and O–H groups in total. The van der Waals surface area contributed by atoms with Crippen LogP contribution < -0.4 is 16.0 Å². The first-order chi connectivity index (χ1) is 11.4. The Hall–Kier alpha value is -2.77. The fourth-order valence-electron chi connectivity index (χ4n) is 1.94. The molecule has 0 unspecified atom stereocenters. The number of hydrogen-bond donors (Lipinski definition) is 3. The van der Waals surface area contributed by atoms with E-state index in [0.717, 1.165) is 12.1 Å². The summed E-state index contributed by atoms with van der Waals surface area (Å²) in [6.45, 7) is 0.850. The fourth-order valence-corrected chi connectivity index (χ4v) is 1.94. The Balaban J connectivity index is 1.70. The number of alkyl halides is 3. The van der Waals surface area contributed by atoms with Gasteiger partial charge in [0.05, 0.1) is 5.56 Å². The van der Waals surface area contributed by atoms with E-state index in [1.165, 1.54) is 12.1 Å². The Bertz CT molecular complexity index is 662. The normalized spacial score (nSPS) is 11.0. The second-order valence-corrected chi connectivity index (χ2v) is 4.95. The highest BCUT2D eigenvalue weighted by Crippen LogP contribution is 2.29. The topological polar surface area (TPSA) is 66.0 Å². The van der Waals surface area contributed by atoms with Crippen molar-refractivity contribution in [3.05, 3.63) is 59.8 Å². The van der Waals surface area contributed by atoms with Gasteiger partial charge in [0.1, 0.15) is 5.82 Å². The van der Waals surface area contributed by atoms with E-state index < -0.39 is 17.8 Å². The zero-order valence-electron chi connectivity index (χ0n) is 12.7. The standard InChI is InChI=1S/C16H17F3N4O/c17-16(18,19)13-5-3-4-12(10-13)11-23-15(24)22-9-8-21-14-6-1-2-7-20-14/h1-7,10H,8-9,11H2,(H,20,21)(H2,22,23,24). The zero-order valence-corrected chi connectivity index (χ0v) is 12.7. The van der Waals surface area contributed by atoms with E-state index in [2.05, 4.69) is 20.9 Å². The summed E-state index contributed by atoms with van der Waals surface area (Å²) in [5, 5.41) is 8.14. The molecule has 24 heavy (non-hydrogen) atoms. The second kappa shape index (κ2) is 8.19. The largest absolute Gasteiger partial charge is 0.416 e. The third-order valence-electron chi connectivity index (χ3n) is 3.09. The van der Waals surface area contributed by atoms with Crippen molar-refractivity contribution >= 4 is 11.8 Å². The maximum absolute atomic E-state index is 12.6. The van der Waals surface area contributed by atoms with Crippen LogP contribution in [-0.2, 0) is 12.7 Å². The molecule has 0 atom stereocenters. The van der Waals surface area contributed by atoms with Gasteiger partial charge in [0, 0.05) is 25.8 Å². The van der Waals surface area contributed by atoms with Crippen LogP contribution in [0.3, 0.4) is 0 Å². The first-order valence-corrected chi connectivity index (χ1v) is 7.28. The number of amides is 2. The Morgan fingerprint density at radius 1 is 1.04 bits per heavy atom. The average Bonchev–Trinajstić information content (AvgIpc) is 2.57. The van der Waals surface area contributed by atoms with E-state index in [4.69, 9.17) is 0 Å². The number of carbonyl (C=O) groups excluding carboxylic acids is 1. The molecule has 0 saturated heterocycles. The van der Waals surface area contributed by atoms with Gasteiger partial charge in [-0.25, -0.2) is 9.78 Å². The van der Waals surface area contributed by atoms with Crippen LogP contribution in [0.15, 0.2) is 48.7 Å². The van der Waals surface area contributed by atoms with E-state index in [1.807, 2.05) is 6.07 Å². The van der Waals surface area contributed by atoms with Crippen LogP contribution in [-0.4, -0.2) is 24.1 Å². The number of urea groups is 1. The molecule has 1 aromatic carbocycles. The van der Waals surface area contributed by atoms with Crippen LogP contribution >= 0.6 is 0 Å². The summed E-state index contributed by atoms with van der Waals surface area (Å²) in [4.78, 5) is 15.7. The van der Waals surface area contributed by atoms with E-state index in [-0.39, 0.29) is 6.54 Å². The number of rotatable bonds is 6. The molecule has 0 bridgehead atoms. The molecule has 2 amide bonds. The molecular weight excluding hydrogens is 321 g/mol. The number of nitrogens with one attached hydrogen (secondary N) is 3. The van der Waals surface area contributed by atoms with Crippen LogP contribution in [0.5, 0.6) is 0 Å². The van der Waals surface area contributed by atoms with Gasteiger partial charge in [-0.15, -0.1) is 0 Å². The molecule has 5 nitrogen and oxygen atoms in total. The van der Waals surface area contributed by atoms with Crippen molar-refractivity contribution < 1.29 is 18.0 Å². The highest BCUT2D eigenvalue weighted by atomic mass is 19.4. The molecule has 0 saturated carbocycles. The molecule has 0 aliphatic rings. The fraction of sp³-hybridized carbons (Fsp3) is 0.250. The van der Waals surface area contributed by atoms with Gasteiger partial charge in [0.2, 0.25) is 0 Å². The summed E-state index contributed by atoms with van der Waals surface area (Å²) in [7, 11) is 0. The first-order valence-electron chi connectivity index (χ1n) is 7.28. The van der Waals surface area contributed by atoms with Crippen LogP contribution in [0.1, 0.15) is 11.1 Å². The Morgan fingerprint density at radius 2 is 1.88 bits per heavy atom. The predicted molar refractivity (Wildman–Crippen MR) is 84.4 cm³/mol. The van der Waals surface area contributed by atoms with Gasteiger partial charge in [0.25, 0.3) is 0 Å². The number of carbonyl (C=O) groups is 1. The summed E-state index contributed by atoms with van der Waals surface area (Å²) < 4.78 is 37.8. The van der Waals surface area contributed by atoms with Crippen molar-refractivity contribution in [3.8, 4) is 0 Å². The summed E-state index contributed by atoms with van der Waals surface area (Å²) in [6, 6.07) is 9.83. The zero-order chi connectivity index (χ0) is 17.4. The van der Waals surface area contributed by atoms with Crippen LogP contribution in [0.25, 0.3) is 0 Å². The van der Waals surface area contributed by atoms with Gasteiger partial charge >= 0.3 is 12.2 Å². The molecule has 1 aromatic heterocycles. The molecule has 1 heterocycles. The maximum Gasteiger partial charge on any atom is 0.416 e. The molecule has 0 radical (unpaired) electrons. The minimum absolute atomic E-state index is 0.0173. The Kier molecular flexibility index (Phi) is 6.00. The van der Waals surface area contributed by atoms with Gasteiger partial charge < -0.3 is 16.0 Å². The molecule has 0 aliphatic heterocycles. The SMILES string of the molecule is O=C(NCCNc1ccccn1)NCc1cccc(C(F)(F)F)c1. The molecule has 2 rings (SSSR count). The summed E-state index contributed by atoms with van der Waals surface area (Å²) >= 11 is 0. The molecule has 128 valence electrons. The lowest BCUT2D eigenvalue weighted by Crippen LogP contribution is -2.37. The van der Waals surface area contributed by atoms with E-state index in [0.29, 0.717) is 24.5 Å². The number of nitrogens with zero attached hydrogens (tertiary/aromatic N) is 1. The minimum Gasteiger partial charge on any atom is -0.368 e. The van der Waals surface area contributed by atoms with Crippen molar-refractivity contribution in [2.75, 3.05) is 18.4 Å². The smallest absolute Gasteiger partial charge is 0.368 e. The lowest BCUT2D eigenvalue weighted by atomic mass is 10.1. The number of hydrogen-bond acceptors (Lipinski definition) is 3. The molecule has 8 heteroatoms. The monoisotopic (exact) mass is 338 g/mol. The van der Waals surface area contributed by atoms with E-state index in [9.17, 15) is 18.0 Å². The molecule has 0 aliphatic carbocycles. The van der Waals surface area contributed by atoms with Crippen LogP contribution in [0.4, 0.5) is 23.8 Å². The highest BCUT2D eigenvalue weighted by Gasteiger charge is 2.30. The molecule has 2 aromatic rings. The van der Waals surface area contributed by atoms with Crippen molar-refractivity contribution in [3.63, 3.8) is 0 Å². The van der Waals surface area contributed by atoms with Crippen molar-refractivity contribution in [1.82, 2.24) is 15.6 Å². The number of pyridine rings is 1. The van der Waals surface area contributed by atoms with Crippen molar-refractivity contribution in [2.24, 2.45) is 0 Å². The van der Waals surface area contributed by atoms with E-state index >= 15 is 0 Å².